The molecule has 0 radical (unpaired) electrons. The Labute approximate surface area is 197 Å². The largest absolute Gasteiger partial charge is 0.494 e. The second-order valence-corrected chi connectivity index (χ2v) is 9.88. The maximum absolute atomic E-state index is 13.2. The Hall–Kier alpha value is -2.95. The maximum Gasteiger partial charge on any atom is 0.416 e. The lowest BCUT2D eigenvalue weighted by atomic mass is 10.1. The van der Waals surface area contributed by atoms with Crippen molar-refractivity contribution in [3.63, 3.8) is 0 Å². The summed E-state index contributed by atoms with van der Waals surface area (Å²) < 4.78 is 70.7. The molecular weight excluding hydrogens is 471 g/mol. The van der Waals surface area contributed by atoms with Crippen LogP contribution in [0.3, 0.4) is 0 Å². The molecule has 0 spiro atoms. The van der Waals surface area contributed by atoms with Gasteiger partial charge >= 0.3 is 6.18 Å². The van der Waals surface area contributed by atoms with Gasteiger partial charge in [-0.1, -0.05) is 6.07 Å². The van der Waals surface area contributed by atoms with Gasteiger partial charge in [0.1, 0.15) is 11.8 Å². The molecule has 0 aliphatic carbocycles. The van der Waals surface area contributed by atoms with Crippen LogP contribution < -0.4 is 13.9 Å². The van der Waals surface area contributed by atoms with E-state index in [0.717, 1.165) is 22.7 Å². The lowest BCUT2D eigenvalue weighted by molar-refractivity contribution is -0.137. The molecule has 2 aromatic carbocycles. The first-order chi connectivity index (χ1) is 15.9. The van der Waals surface area contributed by atoms with Crippen LogP contribution in [0.25, 0.3) is 0 Å². The van der Waals surface area contributed by atoms with Crippen molar-refractivity contribution in [2.75, 3.05) is 48.2 Å². The van der Waals surface area contributed by atoms with Crippen molar-refractivity contribution < 1.29 is 31.1 Å². The number of anilines is 2. The number of carbonyl (C=O) groups is 1. The number of piperazine rings is 1. The Kier molecular flexibility index (Phi) is 7.64. The zero-order valence-electron chi connectivity index (χ0n) is 19.2. The van der Waals surface area contributed by atoms with Crippen molar-refractivity contribution in [2.24, 2.45) is 0 Å². The van der Waals surface area contributed by atoms with Crippen LogP contribution in [0.1, 0.15) is 19.4 Å². The van der Waals surface area contributed by atoms with E-state index in [0.29, 0.717) is 36.8 Å². The summed E-state index contributed by atoms with van der Waals surface area (Å²) in [6.07, 6.45) is -3.39. The Balaban J connectivity index is 1.71. The molecule has 0 N–H and O–H groups in total. The average Bonchev–Trinajstić information content (AvgIpc) is 2.79. The number of benzene rings is 2. The van der Waals surface area contributed by atoms with Crippen molar-refractivity contribution in [2.45, 2.75) is 26.1 Å². The SMILES string of the molecule is CCOc1ccc(N([C@H](C)C(=O)N2CCN(c3cccc(C(F)(F)F)c3)CC2)S(C)(=O)=O)cc1. The second-order valence-electron chi connectivity index (χ2n) is 8.02. The Morgan fingerprint density at radius 2 is 1.71 bits per heavy atom. The first-order valence-electron chi connectivity index (χ1n) is 10.8. The van der Waals surface area contributed by atoms with Gasteiger partial charge in [0, 0.05) is 31.9 Å². The lowest BCUT2D eigenvalue weighted by Gasteiger charge is -2.39. The zero-order chi connectivity index (χ0) is 25.1. The summed E-state index contributed by atoms with van der Waals surface area (Å²) in [7, 11) is -3.77. The predicted molar refractivity (Wildman–Crippen MR) is 125 cm³/mol. The van der Waals surface area contributed by atoms with Crippen molar-refractivity contribution in [3.8, 4) is 5.75 Å². The third kappa shape index (κ3) is 5.94. The minimum Gasteiger partial charge on any atom is -0.494 e. The lowest BCUT2D eigenvalue weighted by Crippen LogP contribution is -2.55. The molecule has 0 unspecified atom stereocenters. The number of amides is 1. The molecule has 11 heteroatoms. The molecule has 1 heterocycles. The molecule has 0 bridgehead atoms. The van der Waals surface area contributed by atoms with Crippen molar-refractivity contribution in [3.05, 3.63) is 54.1 Å². The van der Waals surface area contributed by atoms with Crippen molar-refractivity contribution >= 4 is 27.3 Å². The van der Waals surface area contributed by atoms with Crippen molar-refractivity contribution in [1.29, 1.82) is 0 Å². The van der Waals surface area contributed by atoms with Crippen LogP contribution in [0.5, 0.6) is 5.75 Å². The average molecular weight is 500 g/mol. The van der Waals surface area contributed by atoms with Crippen LogP contribution >= 0.6 is 0 Å². The summed E-state index contributed by atoms with van der Waals surface area (Å²) in [6, 6.07) is 10.5. The number of hydrogen-bond acceptors (Lipinski definition) is 5. The fourth-order valence-corrected chi connectivity index (χ4v) is 5.16. The molecule has 1 fully saturated rings. The number of hydrogen-bond donors (Lipinski definition) is 0. The zero-order valence-corrected chi connectivity index (χ0v) is 20.1. The Morgan fingerprint density at radius 3 is 2.24 bits per heavy atom. The van der Waals surface area contributed by atoms with Gasteiger partial charge < -0.3 is 14.5 Å². The van der Waals surface area contributed by atoms with Gasteiger partial charge in [-0.25, -0.2) is 8.42 Å². The predicted octanol–water partition coefficient (Wildman–Crippen LogP) is 3.61. The Morgan fingerprint density at radius 1 is 1.09 bits per heavy atom. The number of sulfonamides is 1. The third-order valence-corrected chi connectivity index (χ3v) is 6.84. The van der Waals surface area contributed by atoms with E-state index in [1.165, 1.54) is 13.0 Å². The highest BCUT2D eigenvalue weighted by molar-refractivity contribution is 7.92. The highest BCUT2D eigenvalue weighted by Crippen LogP contribution is 2.32. The molecule has 186 valence electrons. The van der Waals surface area contributed by atoms with Gasteiger partial charge in [0.15, 0.2) is 0 Å². The van der Waals surface area contributed by atoms with E-state index < -0.39 is 27.8 Å². The van der Waals surface area contributed by atoms with Crippen LogP contribution in [0.2, 0.25) is 0 Å². The number of ether oxygens (including phenoxy) is 1. The second kappa shape index (κ2) is 10.1. The Bertz CT molecular complexity index is 1100. The van der Waals surface area contributed by atoms with E-state index in [9.17, 15) is 26.4 Å². The molecule has 0 saturated carbocycles. The van der Waals surface area contributed by atoms with Gasteiger partial charge in [-0.3, -0.25) is 9.10 Å². The van der Waals surface area contributed by atoms with Crippen LogP contribution in [0, 0.1) is 0 Å². The molecule has 3 rings (SSSR count). The van der Waals surface area contributed by atoms with Gasteiger partial charge in [-0.15, -0.1) is 0 Å². The van der Waals surface area contributed by atoms with E-state index in [1.54, 1.807) is 40.1 Å². The normalized spacial score (nSPS) is 15.7. The molecule has 1 amide bonds. The molecule has 7 nitrogen and oxygen atoms in total. The standard InChI is InChI=1S/C23H28F3N3O4S/c1-4-33-21-10-8-19(9-11-21)29(34(3,31)32)17(2)22(30)28-14-12-27(13-15-28)20-7-5-6-18(16-20)23(24,25)26/h5-11,16-17H,4,12-15H2,1-3H3/t17-/m1/s1. The summed E-state index contributed by atoms with van der Waals surface area (Å²) in [5, 5.41) is 0. The van der Waals surface area contributed by atoms with E-state index in [1.807, 2.05) is 6.92 Å². The molecule has 1 atom stereocenters. The molecule has 1 aliphatic heterocycles. The van der Waals surface area contributed by atoms with Gasteiger partial charge in [0.2, 0.25) is 15.9 Å². The van der Waals surface area contributed by atoms with Crippen LogP contribution in [-0.2, 0) is 21.0 Å². The highest BCUT2D eigenvalue weighted by Gasteiger charge is 2.34. The minimum absolute atomic E-state index is 0.264. The molecule has 1 aliphatic rings. The van der Waals surface area contributed by atoms with Crippen LogP contribution in [-0.4, -0.2) is 64.3 Å². The number of rotatable bonds is 7. The quantitative estimate of drug-likeness (QED) is 0.582. The third-order valence-electron chi connectivity index (χ3n) is 5.60. The van der Waals surface area contributed by atoms with E-state index in [2.05, 4.69) is 0 Å². The van der Waals surface area contributed by atoms with E-state index in [-0.39, 0.29) is 19.0 Å². The number of nitrogens with zero attached hydrogens (tertiary/aromatic N) is 3. The van der Waals surface area contributed by atoms with Crippen LogP contribution in [0.15, 0.2) is 48.5 Å². The fraction of sp³-hybridized carbons (Fsp3) is 0.435. The monoisotopic (exact) mass is 499 g/mol. The summed E-state index contributed by atoms with van der Waals surface area (Å²) in [5.74, 6) is 0.215. The van der Waals surface area contributed by atoms with Gasteiger partial charge in [0.25, 0.3) is 0 Å². The van der Waals surface area contributed by atoms with Gasteiger partial charge in [0.05, 0.1) is 24.1 Å². The topological polar surface area (TPSA) is 70.2 Å². The van der Waals surface area contributed by atoms with Crippen molar-refractivity contribution in [1.82, 2.24) is 4.90 Å². The minimum atomic E-state index is -4.43. The maximum atomic E-state index is 13.2. The molecule has 2 aromatic rings. The van der Waals surface area contributed by atoms with Crippen LogP contribution in [0.4, 0.5) is 24.5 Å². The highest BCUT2D eigenvalue weighted by atomic mass is 32.2. The van der Waals surface area contributed by atoms with E-state index in [4.69, 9.17) is 4.74 Å². The number of halogens is 3. The summed E-state index contributed by atoms with van der Waals surface area (Å²) in [4.78, 5) is 16.5. The molecular formula is C23H28F3N3O4S. The molecule has 1 saturated heterocycles. The fourth-order valence-electron chi connectivity index (χ4n) is 3.99. The summed E-state index contributed by atoms with van der Waals surface area (Å²) in [6.45, 7) is 5.03. The smallest absolute Gasteiger partial charge is 0.416 e. The first kappa shape index (κ1) is 25.7. The summed E-state index contributed by atoms with van der Waals surface area (Å²) in [5.41, 5.74) is 0.0489. The number of carbonyl (C=O) groups excluding carboxylic acids is 1. The molecule has 34 heavy (non-hydrogen) atoms. The number of alkyl halides is 3. The van der Waals surface area contributed by atoms with E-state index >= 15 is 0 Å². The first-order valence-corrected chi connectivity index (χ1v) is 12.7. The van der Waals surface area contributed by atoms with Gasteiger partial charge in [-0.2, -0.15) is 13.2 Å². The molecule has 0 aromatic heterocycles. The van der Waals surface area contributed by atoms with Gasteiger partial charge in [-0.05, 0) is 56.3 Å². The summed E-state index contributed by atoms with van der Waals surface area (Å²) >= 11 is 0.